The lowest BCUT2D eigenvalue weighted by Gasteiger charge is -2.58. The zero-order valence-electron chi connectivity index (χ0n) is 22.3. The standard InChI is InChI=1S/C34H34N3O2/c1-3-22-20-37(21-29-25-8-4-6-10-31(25)36-32-11-7-5-9-26(29)32)17-15-23(22)18-33(37)34(38)27-14-16-35-30-13-12-24(39-2)19-28(27)30/h3-14,16,19,22-23,33-34,38H,1,15,17-18,20-21H2,2H3/q+1/t22-,23+,33+,34-,37+/m1/s1. The zero-order chi connectivity index (χ0) is 26.6. The highest BCUT2D eigenvalue weighted by Crippen LogP contribution is 2.49. The van der Waals surface area contributed by atoms with E-state index in [0.29, 0.717) is 11.8 Å². The van der Waals surface area contributed by atoms with Gasteiger partial charge in [-0.05, 0) is 47.9 Å². The van der Waals surface area contributed by atoms with Gasteiger partial charge >= 0.3 is 0 Å². The summed E-state index contributed by atoms with van der Waals surface area (Å²) in [5, 5.41) is 15.6. The summed E-state index contributed by atoms with van der Waals surface area (Å²) < 4.78 is 6.38. The lowest BCUT2D eigenvalue weighted by molar-refractivity contribution is -0.984. The third-order valence-electron chi connectivity index (χ3n) is 9.51. The lowest BCUT2D eigenvalue weighted by Crippen LogP contribution is -2.67. The van der Waals surface area contributed by atoms with Gasteiger partial charge in [0, 0.05) is 46.7 Å². The molecule has 2 aromatic heterocycles. The number of rotatable bonds is 6. The smallest absolute Gasteiger partial charge is 0.131 e. The Labute approximate surface area is 229 Å². The number of fused-ring (bicyclic) bond motifs is 6. The van der Waals surface area contributed by atoms with Gasteiger partial charge in [0.25, 0.3) is 0 Å². The van der Waals surface area contributed by atoms with Crippen molar-refractivity contribution in [2.45, 2.75) is 31.5 Å². The van der Waals surface area contributed by atoms with Crippen molar-refractivity contribution in [1.29, 1.82) is 0 Å². The second-order valence-corrected chi connectivity index (χ2v) is 11.4. The molecule has 5 heteroatoms. The summed E-state index contributed by atoms with van der Waals surface area (Å²) in [7, 11) is 1.68. The zero-order valence-corrected chi connectivity index (χ0v) is 22.3. The molecule has 196 valence electrons. The number of nitrogens with zero attached hydrogens (tertiary/aromatic N) is 3. The summed E-state index contributed by atoms with van der Waals surface area (Å²) in [6.45, 7) is 7.12. The molecule has 3 aliphatic rings. The van der Waals surface area contributed by atoms with Crippen molar-refractivity contribution in [2.24, 2.45) is 11.8 Å². The van der Waals surface area contributed by atoms with Gasteiger partial charge in [-0.25, -0.2) is 4.98 Å². The predicted molar refractivity (Wildman–Crippen MR) is 156 cm³/mol. The van der Waals surface area contributed by atoms with Crippen LogP contribution in [0.3, 0.4) is 0 Å². The Morgan fingerprint density at radius 2 is 1.74 bits per heavy atom. The first-order chi connectivity index (χ1) is 19.1. The molecule has 5 aromatic rings. The number of hydrogen-bond acceptors (Lipinski definition) is 4. The highest BCUT2D eigenvalue weighted by Gasteiger charge is 2.54. The van der Waals surface area contributed by atoms with E-state index >= 15 is 0 Å². The second-order valence-electron chi connectivity index (χ2n) is 11.4. The quantitative estimate of drug-likeness (QED) is 0.157. The first kappa shape index (κ1) is 24.3. The van der Waals surface area contributed by atoms with E-state index in [1.807, 2.05) is 30.5 Å². The highest BCUT2D eigenvalue weighted by atomic mass is 16.5. The third kappa shape index (κ3) is 3.91. The van der Waals surface area contributed by atoms with E-state index in [4.69, 9.17) is 9.72 Å². The monoisotopic (exact) mass is 516 g/mol. The number of ether oxygens (including phenoxy) is 1. The summed E-state index contributed by atoms with van der Waals surface area (Å²) in [5.41, 5.74) is 5.21. The maximum Gasteiger partial charge on any atom is 0.131 e. The fourth-order valence-corrected chi connectivity index (χ4v) is 7.53. The van der Waals surface area contributed by atoms with Crippen molar-refractivity contribution in [2.75, 3.05) is 20.2 Å². The molecule has 0 spiro atoms. The molecular weight excluding hydrogens is 482 g/mol. The number of pyridine rings is 2. The van der Waals surface area contributed by atoms with Crippen molar-refractivity contribution in [3.8, 4) is 5.75 Å². The molecule has 2 bridgehead atoms. The molecule has 5 atom stereocenters. The summed E-state index contributed by atoms with van der Waals surface area (Å²) in [6, 6.07) is 25.0. The van der Waals surface area contributed by atoms with Gasteiger partial charge in [0.15, 0.2) is 0 Å². The number of aliphatic hydroxyl groups excluding tert-OH is 1. The molecular formula is C34H34N3O2+. The van der Waals surface area contributed by atoms with E-state index in [2.05, 4.69) is 66.2 Å². The van der Waals surface area contributed by atoms with Gasteiger partial charge in [0.2, 0.25) is 0 Å². The van der Waals surface area contributed by atoms with Crippen LogP contribution in [0.15, 0.2) is 91.6 Å². The number of piperidine rings is 3. The molecule has 8 rings (SSSR count). The van der Waals surface area contributed by atoms with E-state index in [1.165, 1.54) is 16.3 Å². The average Bonchev–Trinajstić information content (AvgIpc) is 3.00. The molecule has 5 nitrogen and oxygen atoms in total. The van der Waals surface area contributed by atoms with Gasteiger partial charge in [-0.1, -0.05) is 42.5 Å². The molecule has 3 aliphatic heterocycles. The van der Waals surface area contributed by atoms with Gasteiger partial charge in [0.05, 0.1) is 36.7 Å². The number of aromatic nitrogens is 2. The molecule has 39 heavy (non-hydrogen) atoms. The Kier molecular flexibility index (Phi) is 5.87. The molecule has 0 radical (unpaired) electrons. The normalized spacial score (nSPS) is 25.2. The third-order valence-corrected chi connectivity index (χ3v) is 9.51. The Hall–Kier alpha value is -3.80. The maximum atomic E-state index is 12.2. The first-order valence-corrected chi connectivity index (χ1v) is 14.0. The van der Waals surface area contributed by atoms with Crippen molar-refractivity contribution in [3.05, 3.63) is 103 Å². The number of methoxy groups -OCH3 is 1. The van der Waals surface area contributed by atoms with Crippen molar-refractivity contribution in [3.63, 3.8) is 0 Å². The van der Waals surface area contributed by atoms with Crippen LogP contribution < -0.4 is 4.74 Å². The number of para-hydroxylation sites is 2. The number of aliphatic hydroxyl groups is 1. The molecule has 3 saturated heterocycles. The van der Waals surface area contributed by atoms with Crippen molar-refractivity contribution in [1.82, 2.24) is 9.97 Å². The average molecular weight is 517 g/mol. The Morgan fingerprint density at radius 3 is 2.46 bits per heavy atom. The highest BCUT2D eigenvalue weighted by molar-refractivity contribution is 5.97. The molecule has 5 heterocycles. The van der Waals surface area contributed by atoms with E-state index in [0.717, 1.165) is 70.2 Å². The van der Waals surface area contributed by atoms with E-state index in [1.54, 1.807) is 7.11 Å². The predicted octanol–water partition coefficient (Wildman–Crippen LogP) is 6.59. The van der Waals surface area contributed by atoms with Gasteiger partial charge in [0.1, 0.15) is 24.4 Å². The summed E-state index contributed by atoms with van der Waals surface area (Å²) in [4.78, 5) is 9.56. The topological polar surface area (TPSA) is 55.2 Å². The summed E-state index contributed by atoms with van der Waals surface area (Å²) in [5.74, 6) is 1.78. The summed E-state index contributed by atoms with van der Waals surface area (Å²) in [6.07, 6.45) is 5.51. The minimum atomic E-state index is -0.615. The van der Waals surface area contributed by atoms with Crippen LogP contribution in [-0.4, -0.2) is 45.8 Å². The first-order valence-electron chi connectivity index (χ1n) is 14.0. The van der Waals surface area contributed by atoms with Crippen LogP contribution in [-0.2, 0) is 6.54 Å². The Bertz CT molecular complexity index is 1660. The van der Waals surface area contributed by atoms with E-state index in [-0.39, 0.29) is 6.04 Å². The van der Waals surface area contributed by atoms with Crippen LogP contribution in [0.5, 0.6) is 5.75 Å². The molecule has 0 amide bonds. The van der Waals surface area contributed by atoms with E-state index < -0.39 is 6.10 Å². The number of quaternary nitrogens is 1. The van der Waals surface area contributed by atoms with Crippen molar-refractivity contribution >= 4 is 32.7 Å². The van der Waals surface area contributed by atoms with E-state index in [9.17, 15) is 5.11 Å². The molecule has 3 aromatic carbocycles. The van der Waals surface area contributed by atoms with Gasteiger partial charge < -0.3 is 14.3 Å². The van der Waals surface area contributed by atoms with Gasteiger partial charge in [-0.3, -0.25) is 4.98 Å². The molecule has 0 saturated carbocycles. The second kappa shape index (κ2) is 9.44. The minimum Gasteiger partial charge on any atom is -0.497 e. The van der Waals surface area contributed by atoms with Crippen LogP contribution >= 0.6 is 0 Å². The summed E-state index contributed by atoms with van der Waals surface area (Å²) >= 11 is 0. The van der Waals surface area contributed by atoms with Gasteiger partial charge in [-0.2, -0.15) is 0 Å². The SMILES string of the molecule is C=C[C@@H]1C[N@+]2(Cc3c4ccccc4nc4ccccc34)CC[C@H]1C[C@H]2[C@H](O)c1ccnc2ccc(OC)cc12. The fraction of sp³-hybridized carbons (Fsp3) is 0.294. The van der Waals surface area contributed by atoms with Crippen LogP contribution in [0.25, 0.3) is 32.7 Å². The molecule has 1 N–H and O–H groups in total. The van der Waals surface area contributed by atoms with Crippen LogP contribution in [0.4, 0.5) is 0 Å². The fourth-order valence-electron chi connectivity index (χ4n) is 7.53. The maximum absolute atomic E-state index is 12.2. The molecule has 0 aliphatic carbocycles. The largest absolute Gasteiger partial charge is 0.497 e. The van der Waals surface area contributed by atoms with Crippen molar-refractivity contribution < 1.29 is 14.3 Å². The van der Waals surface area contributed by atoms with Crippen LogP contribution in [0.1, 0.15) is 30.1 Å². The van der Waals surface area contributed by atoms with Gasteiger partial charge in [-0.15, -0.1) is 6.58 Å². The Morgan fingerprint density at radius 1 is 1.00 bits per heavy atom. The lowest BCUT2D eigenvalue weighted by atomic mass is 9.71. The molecule has 3 fully saturated rings. The minimum absolute atomic E-state index is 0.0717. The number of benzene rings is 3. The van der Waals surface area contributed by atoms with Crippen LogP contribution in [0, 0.1) is 11.8 Å². The Balaban J connectivity index is 1.39. The van der Waals surface area contributed by atoms with Crippen LogP contribution in [0.2, 0.25) is 0 Å². The molecule has 0 unspecified atom stereocenters. The number of hydrogen-bond donors (Lipinski definition) is 1.